The molecule has 0 spiro atoms. The molecule has 0 radical (unpaired) electrons. The van der Waals surface area contributed by atoms with Crippen molar-refractivity contribution in [3.8, 4) is 0 Å². The van der Waals surface area contributed by atoms with Gasteiger partial charge in [0.25, 0.3) is 0 Å². The number of nitrogens with zero attached hydrogens (tertiary/aromatic N) is 1. The standard InChI is InChI=1S/C8H18N2O.ClH/c1-6(2)5-7(9)8(11)10(3)4;/h6-7H,5,9H2,1-4H3;1H/t7-;/m1./s1. The van der Waals surface area contributed by atoms with Crippen molar-refractivity contribution in [1.82, 2.24) is 4.90 Å². The fourth-order valence-electron chi connectivity index (χ4n) is 0.940. The smallest absolute Gasteiger partial charge is 0.238 e. The van der Waals surface area contributed by atoms with Crippen LogP contribution in [0.15, 0.2) is 0 Å². The largest absolute Gasteiger partial charge is 0.347 e. The molecular formula is C8H19ClN2O. The summed E-state index contributed by atoms with van der Waals surface area (Å²) in [6, 6.07) is -0.329. The number of carbonyl (C=O) groups is 1. The second-order valence-corrected chi connectivity index (χ2v) is 3.47. The highest BCUT2D eigenvalue weighted by molar-refractivity contribution is 5.85. The molecule has 3 nitrogen and oxygen atoms in total. The van der Waals surface area contributed by atoms with Crippen molar-refractivity contribution in [3.63, 3.8) is 0 Å². The lowest BCUT2D eigenvalue weighted by atomic mass is 10.0. The Morgan fingerprint density at radius 3 is 2.08 bits per heavy atom. The Balaban J connectivity index is 0. The number of halogens is 1. The zero-order valence-corrected chi connectivity index (χ0v) is 9.02. The third-order valence-corrected chi connectivity index (χ3v) is 1.48. The molecule has 0 fully saturated rings. The van der Waals surface area contributed by atoms with Gasteiger partial charge in [-0.25, -0.2) is 0 Å². The minimum Gasteiger partial charge on any atom is -0.347 e. The van der Waals surface area contributed by atoms with E-state index >= 15 is 0 Å². The highest BCUT2D eigenvalue weighted by Crippen LogP contribution is 2.03. The maximum atomic E-state index is 11.2. The summed E-state index contributed by atoms with van der Waals surface area (Å²) >= 11 is 0. The quantitative estimate of drug-likeness (QED) is 0.725. The summed E-state index contributed by atoms with van der Waals surface area (Å²) in [5.41, 5.74) is 5.63. The lowest BCUT2D eigenvalue weighted by Crippen LogP contribution is -2.40. The Hall–Kier alpha value is -0.280. The van der Waals surface area contributed by atoms with E-state index in [0.717, 1.165) is 6.42 Å². The lowest BCUT2D eigenvalue weighted by Gasteiger charge is -2.17. The first-order chi connectivity index (χ1) is 4.95. The molecule has 0 aromatic carbocycles. The molecule has 0 aromatic heterocycles. The van der Waals surface area contributed by atoms with Crippen LogP contribution in [0.3, 0.4) is 0 Å². The van der Waals surface area contributed by atoms with Crippen molar-refractivity contribution in [1.29, 1.82) is 0 Å². The van der Waals surface area contributed by atoms with Crippen LogP contribution in [-0.4, -0.2) is 30.9 Å². The number of nitrogens with two attached hydrogens (primary N) is 1. The van der Waals surface area contributed by atoms with Crippen molar-refractivity contribution >= 4 is 18.3 Å². The predicted octanol–water partition coefficient (Wildman–Crippen LogP) is 0.870. The van der Waals surface area contributed by atoms with Crippen LogP contribution in [0, 0.1) is 5.92 Å². The molecule has 12 heavy (non-hydrogen) atoms. The fourth-order valence-corrected chi connectivity index (χ4v) is 0.940. The zero-order valence-electron chi connectivity index (χ0n) is 8.20. The summed E-state index contributed by atoms with van der Waals surface area (Å²) in [6.45, 7) is 4.12. The number of likely N-dealkylation sites (N-methyl/N-ethyl adjacent to an activating group) is 1. The van der Waals surface area contributed by atoms with Gasteiger partial charge < -0.3 is 10.6 Å². The Bertz CT molecular complexity index is 137. The molecule has 0 heterocycles. The zero-order chi connectivity index (χ0) is 9.02. The summed E-state index contributed by atoms with van der Waals surface area (Å²) in [4.78, 5) is 12.7. The van der Waals surface area contributed by atoms with Crippen molar-refractivity contribution < 1.29 is 4.79 Å². The van der Waals surface area contributed by atoms with Crippen LogP contribution in [0.2, 0.25) is 0 Å². The first-order valence-electron chi connectivity index (χ1n) is 3.92. The van der Waals surface area contributed by atoms with Crippen molar-refractivity contribution in [3.05, 3.63) is 0 Å². The summed E-state index contributed by atoms with van der Waals surface area (Å²) in [6.07, 6.45) is 0.761. The van der Waals surface area contributed by atoms with Crippen molar-refractivity contribution in [2.75, 3.05) is 14.1 Å². The Morgan fingerprint density at radius 1 is 1.42 bits per heavy atom. The van der Waals surface area contributed by atoms with Crippen LogP contribution in [-0.2, 0) is 4.79 Å². The first kappa shape index (κ1) is 14.3. The topological polar surface area (TPSA) is 46.3 Å². The lowest BCUT2D eigenvalue weighted by molar-refractivity contribution is -0.130. The molecule has 0 unspecified atom stereocenters. The molecular weight excluding hydrogens is 176 g/mol. The molecule has 0 rings (SSSR count). The molecule has 1 amide bonds. The second-order valence-electron chi connectivity index (χ2n) is 3.47. The second kappa shape index (κ2) is 6.26. The minimum absolute atomic E-state index is 0. The number of hydrogen-bond acceptors (Lipinski definition) is 2. The molecule has 2 N–H and O–H groups in total. The van der Waals surface area contributed by atoms with E-state index in [1.807, 2.05) is 0 Å². The van der Waals surface area contributed by atoms with E-state index in [2.05, 4.69) is 13.8 Å². The highest BCUT2D eigenvalue weighted by atomic mass is 35.5. The molecule has 74 valence electrons. The predicted molar refractivity (Wildman–Crippen MR) is 53.4 cm³/mol. The Morgan fingerprint density at radius 2 is 1.83 bits per heavy atom. The molecule has 0 bridgehead atoms. The molecule has 1 atom stereocenters. The van der Waals surface area contributed by atoms with Gasteiger partial charge in [0, 0.05) is 14.1 Å². The Kier molecular flexibility index (Phi) is 7.44. The van der Waals surface area contributed by atoms with E-state index in [0.29, 0.717) is 5.92 Å². The average molecular weight is 195 g/mol. The van der Waals surface area contributed by atoms with E-state index in [1.165, 1.54) is 4.90 Å². The average Bonchev–Trinajstić information content (AvgIpc) is 1.84. The highest BCUT2D eigenvalue weighted by Gasteiger charge is 2.15. The summed E-state index contributed by atoms with van der Waals surface area (Å²) in [5, 5.41) is 0. The maximum Gasteiger partial charge on any atom is 0.238 e. The normalized spacial score (nSPS) is 12.2. The number of rotatable bonds is 3. The maximum absolute atomic E-state index is 11.2. The van der Waals surface area contributed by atoms with E-state index in [9.17, 15) is 4.79 Å². The van der Waals surface area contributed by atoms with Crippen LogP contribution in [0.5, 0.6) is 0 Å². The van der Waals surface area contributed by atoms with Crippen LogP contribution in [0.4, 0.5) is 0 Å². The van der Waals surface area contributed by atoms with Gasteiger partial charge in [-0.15, -0.1) is 12.4 Å². The van der Waals surface area contributed by atoms with Crippen molar-refractivity contribution in [2.24, 2.45) is 11.7 Å². The van der Waals surface area contributed by atoms with Gasteiger partial charge in [-0.3, -0.25) is 4.79 Å². The number of hydrogen-bond donors (Lipinski definition) is 1. The summed E-state index contributed by atoms with van der Waals surface area (Å²) < 4.78 is 0. The minimum atomic E-state index is -0.329. The van der Waals surface area contributed by atoms with Crippen LogP contribution < -0.4 is 5.73 Å². The van der Waals surface area contributed by atoms with Gasteiger partial charge in [0.1, 0.15) is 0 Å². The molecule has 4 heteroatoms. The molecule has 0 aliphatic heterocycles. The van der Waals surface area contributed by atoms with Gasteiger partial charge in [-0.05, 0) is 12.3 Å². The fraction of sp³-hybridized carbons (Fsp3) is 0.875. The van der Waals surface area contributed by atoms with Gasteiger partial charge >= 0.3 is 0 Å². The van der Waals surface area contributed by atoms with Gasteiger partial charge in [0.2, 0.25) is 5.91 Å². The Labute approximate surface area is 80.7 Å². The third-order valence-electron chi connectivity index (χ3n) is 1.48. The van der Waals surface area contributed by atoms with E-state index in [-0.39, 0.29) is 24.4 Å². The van der Waals surface area contributed by atoms with Gasteiger partial charge in [0.05, 0.1) is 6.04 Å². The molecule has 0 saturated carbocycles. The summed E-state index contributed by atoms with van der Waals surface area (Å²) in [5.74, 6) is 0.493. The van der Waals surface area contributed by atoms with Crippen LogP contribution in [0.25, 0.3) is 0 Å². The first-order valence-corrected chi connectivity index (χ1v) is 3.92. The monoisotopic (exact) mass is 194 g/mol. The third kappa shape index (κ3) is 5.38. The number of carbonyl (C=O) groups excluding carboxylic acids is 1. The van der Waals surface area contributed by atoms with Crippen LogP contribution >= 0.6 is 12.4 Å². The summed E-state index contributed by atoms with van der Waals surface area (Å²) in [7, 11) is 3.45. The van der Waals surface area contributed by atoms with E-state index < -0.39 is 0 Å². The molecule has 0 aromatic rings. The molecule has 0 aliphatic rings. The SMILES string of the molecule is CC(C)C[C@@H](N)C(=O)N(C)C.Cl. The van der Waals surface area contributed by atoms with E-state index in [1.54, 1.807) is 14.1 Å². The van der Waals surface area contributed by atoms with Crippen molar-refractivity contribution in [2.45, 2.75) is 26.3 Å². The molecule has 0 aliphatic carbocycles. The molecule has 0 saturated heterocycles. The van der Waals surface area contributed by atoms with Gasteiger partial charge in [0.15, 0.2) is 0 Å². The van der Waals surface area contributed by atoms with Gasteiger partial charge in [-0.2, -0.15) is 0 Å². The van der Waals surface area contributed by atoms with Gasteiger partial charge in [-0.1, -0.05) is 13.8 Å². The van der Waals surface area contributed by atoms with Crippen LogP contribution in [0.1, 0.15) is 20.3 Å². The van der Waals surface area contributed by atoms with E-state index in [4.69, 9.17) is 5.73 Å². The number of amides is 1.